The lowest BCUT2D eigenvalue weighted by Gasteiger charge is -2.37. The molecule has 0 spiro atoms. The minimum Gasteiger partial charge on any atom is -0.491 e. The van der Waals surface area contributed by atoms with E-state index in [1.807, 2.05) is 71.3 Å². The van der Waals surface area contributed by atoms with Gasteiger partial charge in [0.25, 0.3) is 0 Å². The van der Waals surface area contributed by atoms with Gasteiger partial charge in [0.2, 0.25) is 5.91 Å². The summed E-state index contributed by atoms with van der Waals surface area (Å²) in [5.74, 6) is 0.829. The molecule has 37 heavy (non-hydrogen) atoms. The summed E-state index contributed by atoms with van der Waals surface area (Å²) in [5.41, 5.74) is 3.36. The molecule has 0 bridgehead atoms. The maximum Gasteiger partial charge on any atom is 0.237 e. The molecule has 2 atom stereocenters. The van der Waals surface area contributed by atoms with E-state index in [-0.39, 0.29) is 25.1 Å². The van der Waals surface area contributed by atoms with Crippen molar-refractivity contribution in [2.75, 3.05) is 39.4 Å². The van der Waals surface area contributed by atoms with E-state index in [1.54, 1.807) is 17.4 Å². The number of benzene rings is 2. The van der Waals surface area contributed by atoms with Crippen LogP contribution in [0.25, 0.3) is 0 Å². The van der Waals surface area contributed by atoms with E-state index in [0.29, 0.717) is 32.8 Å². The number of aryl methyl sites for hydroxylation is 1. The highest BCUT2D eigenvalue weighted by molar-refractivity contribution is 7.10. The summed E-state index contributed by atoms with van der Waals surface area (Å²) in [4.78, 5) is 18.7. The number of hydrogen-bond donors (Lipinski definition) is 1. The first kappa shape index (κ1) is 27.1. The third-order valence-corrected chi connectivity index (χ3v) is 7.45. The first-order chi connectivity index (χ1) is 18.0. The van der Waals surface area contributed by atoms with Gasteiger partial charge in [0.05, 0.1) is 31.9 Å². The number of hydrogen-bond acceptors (Lipinski definition) is 6. The van der Waals surface area contributed by atoms with Gasteiger partial charge in [-0.05, 0) is 53.6 Å². The molecule has 2 aromatic carbocycles. The van der Waals surface area contributed by atoms with Crippen LogP contribution in [-0.2, 0) is 22.6 Å². The highest BCUT2D eigenvalue weighted by atomic mass is 32.1. The van der Waals surface area contributed by atoms with Gasteiger partial charge in [0.15, 0.2) is 0 Å². The zero-order valence-corrected chi connectivity index (χ0v) is 22.2. The first-order valence-electron chi connectivity index (χ1n) is 12.7. The number of fused-ring (bicyclic) bond motifs is 1. The molecule has 1 amide bonds. The largest absolute Gasteiger partial charge is 0.491 e. The van der Waals surface area contributed by atoms with Crippen LogP contribution in [0.4, 0.5) is 0 Å². The Morgan fingerprint density at radius 3 is 2.86 bits per heavy atom. The molecule has 0 fully saturated rings. The van der Waals surface area contributed by atoms with Gasteiger partial charge in [0.1, 0.15) is 12.4 Å². The van der Waals surface area contributed by atoms with Crippen LogP contribution < -0.4 is 4.74 Å². The quantitative estimate of drug-likeness (QED) is 0.333. The molecular weight excluding hydrogens is 484 g/mol. The molecule has 3 aromatic rings. The summed E-state index contributed by atoms with van der Waals surface area (Å²) in [6, 6.07) is 19.8. The van der Waals surface area contributed by atoms with Crippen LogP contribution in [0.3, 0.4) is 0 Å². The minimum absolute atomic E-state index is 0.0222. The Kier molecular flexibility index (Phi) is 9.91. The van der Waals surface area contributed by atoms with Crippen molar-refractivity contribution < 1.29 is 19.4 Å². The molecule has 2 heterocycles. The van der Waals surface area contributed by atoms with Crippen molar-refractivity contribution in [2.45, 2.75) is 32.1 Å². The SMILES string of the molecule is C=CCN(CC(=O)N1CCc2sccc2[C@@H]1COc1cccc(C)c1)C[C@@H](O)COCc1ccccc1. The second kappa shape index (κ2) is 13.5. The van der Waals surface area contributed by atoms with Gasteiger partial charge in [-0.15, -0.1) is 17.9 Å². The summed E-state index contributed by atoms with van der Waals surface area (Å²) < 4.78 is 11.9. The van der Waals surface area contributed by atoms with E-state index in [4.69, 9.17) is 9.47 Å². The lowest BCUT2D eigenvalue weighted by molar-refractivity contribution is -0.136. The Labute approximate surface area is 223 Å². The molecule has 196 valence electrons. The van der Waals surface area contributed by atoms with Gasteiger partial charge in [-0.3, -0.25) is 9.69 Å². The zero-order valence-electron chi connectivity index (χ0n) is 21.4. The lowest BCUT2D eigenvalue weighted by atomic mass is 10.0. The number of ether oxygens (including phenoxy) is 2. The average molecular weight is 521 g/mol. The molecule has 4 rings (SSSR count). The Morgan fingerprint density at radius 1 is 1.24 bits per heavy atom. The fourth-order valence-corrected chi connectivity index (χ4v) is 5.59. The van der Waals surface area contributed by atoms with Crippen molar-refractivity contribution in [3.63, 3.8) is 0 Å². The molecule has 1 aromatic heterocycles. The predicted octanol–water partition coefficient (Wildman–Crippen LogP) is 4.63. The Hall–Kier alpha value is -2.97. The average Bonchev–Trinajstić information content (AvgIpc) is 3.37. The molecule has 1 aliphatic rings. The monoisotopic (exact) mass is 520 g/mol. The number of amides is 1. The summed E-state index contributed by atoms with van der Waals surface area (Å²) in [6.45, 7) is 8.60. The number of nitrogens with zero attached hydrogens (tertiary/aromatic N) is 2. The number of thiophene rings is 1. The third kappa shape index (κ3) is 7.76. The number of carbonyl (C=O) groups is 1. The molecule has 0 radical (unpaired) electrons. The summed E-state index contributed by atoms with van der Waals surface area (Å²) >= 11 is 1.74. The molecule has 0 aliphatic carbocycles. The van der Waals surface area contributed by atoms with E-state index in [1.165, 1.54) is 10.4 Å². The van der Waals surface area contributed by atoms with Crippen molar-refractivity contribution in [1.29, 1.82) is 0 Å². The number of rotatable bonds is 13. The maximum absolute atomic E-state index is 13.6. The van der Waals surface area contributed by atoms with Crippen molar-refractivity contribution in [1.82, 2.24) is 9.80 Å². The van der Waals surface area contributed by atoms with Crippen LogP contribution in [0.5, 0.6) is 5.75 Å². The topological polar surface area (TPSA) is 62.2 Å². The molecular formula is C30H36N2O4S. The van der Waals surface area contributed by atoms with E-state index < -0.39 is 6.10 Å². The Bertz CT molecular complexity index is 1150. The van der Waals surface area contributed by atoms with E-state index in [2.05, 4.69) is 18.0 Å². The van der Waals surface area contributed by atoms with Gasteiger partial charge < -0.3 is 19.5 Å². The van der Waals surface area contributed by atoms with Crippen molar-refractivity contribution >= 4 is 17.2 Å². The maximum atomic E-state index is 13.6. The Balaban J connectivity index is 1.36. The number of carbonyl (C=O) groups excluding carboxylic acids is 1. The third-order valence-electron chi connectivity index (χ3n) is 6.45. The van der Waals surface area contributed by atoms with Gasteiger partial charge in [-0.25, -0.2) is 0 Å². The van der Waals surface area contributed by atoms with Crippen molar-refractivity contribution in [3.8, 4) is 5.75 Å². The molecule has 0 saturated carbocycles. The van der Waals surface area contributed by atoms with Gasteiger partial charge in [-0.2, -0.15) is 0 Å². The fraction of sp³-hybridized carbons (Fsp3) is 0.367. The first-order valence-corrected chi connectivity index (χ1v) is 13.6. The molecule has 1 N–H and O–H groups in total. The normalized spacial score (nSPS) is 15.9. The zero-order chi connectivity index (χ0) is 26.0. The van der Waals surface area contributed by atoms with Gasteiger partial charge in [-0.1, -0.05) is 48.5 Å². The van der Waals surface area contributed by atoms with E-state index in [9.17, 15) is 9.90 Å². The summed E-state index contributed by atoms with van der Waals surface area (Å²) in [6.07, 6.45) is 1.90. The predicted molar refractivity (Wildman–Crippen MR) is 148 cm³/mol. The minimum atomic E-state index is -0.707. The number of aliphatic hydroxyl groups excluding tert-OH is 1. The van der Waals surface area contributed by atoms with Crippen LogP contribution in [-0.4, -0.2) is 66.3 Å². The summed E-state index contributed by atoms with van der Waals surface area (Å²) in [7, 11) is 0. The molecule has 7 heteroatoms. The standard InChI is InChI=1S/C30H36N2O4S/c1-3-14-31(18-25(33)21-35-20-24-9-5-4-6-10-24)19-30(34)32-15-12-29-27(13-16-37-29)28(32)22-36-26-11-7-8-23(2)17-26/h3-11,13,16-17,25,28,33H,1,12,14-15,18-22H2,2H3/t25-,28+/m1/s1. The van der Waals surface area contributed by atoms with Crippen LogP contribution >= 0.6 is 11.3 Å². The fourth-order valence-electron chi connectivity index (χ4n) is 4.66. The highest BCUT2D eigenvalue weighted by Gasteiger charge is 2.33. The molecule has 0 saturated heterocycles. The smallest absolute Gasteiger partial charge is 0.237 e. The van der Waals surface area contributed by atoms with E-state index in [0.717, 1.165) is 23.3 Å². The second-order valence-electron chi connectivity index (χ2n) is 9.42. The van der Waals surface area contributed by atoms with E-state index >= 15 is 0 Å². The second-order valence-corrected chi connectivity index (χ2v) is 10.4. The number of aliphatic hydroxyl groups is 1. The molecule has 6 nitrogen and oxygen atoms in total. The van der Waals surface area contributed by atoms with Crippen molar-refractivity contribution in [3.05, 3.63) is 100 Å². The highest BCUT2D eigenvalue weighted by Crippen LogP contribution is 2.34. The van der Waals surface area contributed by atoms with Crippen LogP contribution in [0.1, 0.15) is 27.6 Å². The lowest BCUT2D eigenvalue weighted by Crippen LogP contribution is -2.48. The Morgan fingerprint density at radius 2 is 2.08 bits per heavy atom. The van der Waals surface area contributed by atoms with Crippen LogP contribution in [0.15, 0.2) is 78.7 Å². The molecule has 0 unspecified atom stereocenters. The van der Waals surface area contributed by atoms with Crippen molar-refractivity contribution in [2.24, 2.45) is 0 Å². The van der Waals surface area contributed by atoms with Crippen LogP contribution in [0, 0.1) is 6.92 Å². The van der Waals surface area contributed by atoms with Gasteiger partial charge in [0, 0.05) is 24.5 Å². The summed E-state index contributed by atoms with van der Waals surface area (Å²) in [5, 5.41) is 12.7. The van der Waals surface area contributed by atoms with Crippen LogP contribution in [0.2, 0.25) is 0 Å². The van der Waals surface area contributed by atoms with Gasteiger partial charge >= 0.3 is 0 Å². The molecule has 1 aliphatic heterocycles.